The smallest absolute Gasteiger partial charge is 0.254 e. The van der Waals surface area contributed by atoms with Crippen molar-refractivity contribution in [2.75, 3.05) is 25.0 Å². The van der Waals surface area contributed by atoms with E-state index in [0.717, 1.165) is 30.9 Å². The van der Waals surface area contributed by atoms with Gasteiger partial charge in [0, 0.05) is 43.8 Å². The lowest BCUT2D eigenvalue weighted by molar-refractivity contribution is 0.282. The zero-order valence-electron chi connectivity index (χ0n) is 15.0. The molecule has 0 amide bonds. The van der Waals surface area contributed by atoms with Crippen LogP contribution >= 0.6 is 0 Å². The molecule has 10 heteroatoms. The fraction of sp³-hybridized carbons (Fsp3) is 0.412. The fourth-order valence-electron chi connectivity index (χ4n) is 3.31. The Labute approximate surface area is 157 Å². The minimum absolute atomic E-state index is 0.252. The summed E-state index contributed by atoms with van der Waals surface area (Å²) in [5, 5.41) is 7.60. The van der Waals surface area contributed by atoms with Gasteiger partial charge >= 0.3 is 0 Å². The van der Waals surface area contributed by atoms with Crippen LogP contribution in [0.25, 0.3) is 5.78 Å². The van der Waals surface area contributed by atoms with E-state index in [1.54, 1.807) is 27.2 Å². The summed E-state index contributed by atoms with van der Waals surface area (Å²) in [6.45, 7) is 3.69. The highest BCUT2D eigenvalue weighted by Gasteiger charge is 2.29. The maximum absolute atomic E-state index is 12.7. The molecule has 0 aliphatic carbocycles. The number of pyridine rings is 1. The number of nitrogens with one attached hydrogen (secondary N) is 1. The Hall–Kier alpha value is -2.59. The molecule has 142 valence electrons. The number of sulfonamides is 1. The molecule has 1 fully saturated rings. The third-order valence-electron chi connectivity index (χ3n) is 4.80. The molecule has 0 unspecified atom stereocenters. The molecule has 0 atom stereocenters. The van der Waals surface area contributed by atoms with Gasteiger partial charge < -0.3 is 5.32 Å². The Kier molecular flexibility index (Phi) is 4.75. The van der Waals surface area contributed by atoms with Crippen LogP contribution < -0.4 is 5.32 Å². The zero-order valence-corrected chi connectivity index (χ0v) is 15.8. The number of nitrogens with zero attached hydrogens (tertiary/aromatic N) is 6. The first-order chi connectivity index (χ1) is 13.0. The highest BCUT2D eigenvalue weighted by molar-refractivity contribution is 7.89. The van der Waals surface area contributed by atoms with Crippen molar-refractivity contribution in [3.05, 3.63) is 42.6 Å². The summed E-state index contributed by atoms with van der Waals surface area (Å²) < 4.78 is 28.6. The molecule has 1 N–H and O–H groups in total. The monoisotopic (exact) mass is 387 g/mol. The van der Waals surface area contributed by atoms with Gasteiger partial charge in [0.05, 0.1) is 0 Å². The Bertz CT molecular complexity index is 1030. The summed E-state index contributed by atoms with van der Waals surface area (Å²) in [4.78, 5) is 12.6. The third-order valence-corrected chi connectivity index (χ3v) is 6.68. The van der Waals surface area contributed by atoms with Gasteiger partial charge in [0.1, 0.15) is 17.0 Å². The van der Waals surface area contributed by atoms with Crippen molar-refractivity contribution in [1.82, 2.24) is 28.9 Å². The molecule has 3 aromatic rings. The summed E-state index contributed by atoms with van der Waals surface area (Å²) in [6.07, 6.45) is 6.06. The molecule has 1 aliphatic heterocycles. The highest BCUT2D eigenvalue weighted by Crippen LogP contribution is 2.24. The van der Waals surface area contributed by atoms with E-state index in [4.69, 9.17) is 0 Å². The lowest BCUT2D eigenvalue weighted by atomic mass is 9.98. The number of hydrogen-bond donors (Lipinski definition) is 1. The average molecular weight is 387 g/mol. The van der Waals surface area contributed by atoms with Gasteiger partial charge in [0.2, 0.25) is 10.0 Å². The highest BCUT2D eigenvalue weighted by atomic mass is 32.2. The topological polar surface area (TPSA) is 105 Å². The van der Waals surface area contributed by atoms with Crippen molar-refractivity contribution in [3.8, 4) is 0 Å². The SMILES string of the molecule is Cc1cc(NCC2CCN(S(=O)(=O)c3cccnc3)CC2)n2ncnc2n1. The molecule has 9 nitrogen and oxygen atoms in total. The van der Waals surface area contributed by atoms with E-state index in [1.165, 1.54) is 12.5 Å². The first-order valence-electron chi connectivity index (χ1n) is 8.85. The van der Waals surface area contributed by atoms with Crippen LogP contribution in [0, 0.1) is 12.8 Å². The van der Waals surface area contributed by atoms with Crippen LogP contribution in [0.2, 0.25) is 0 Å². The first-order valence-corrected chi connectivity index (χ1v) is 10.3. The minimum atomic E-state index is -3.46. The Morgan fingerprint density at radius 1 is 1.30 bits per heavy atom. The number of hydrogen-bond acceptors (Lipinski definition) is 7. The van der Waals surface area contributed by atoms with Gasteiger partial charge in [-0.05, 0) is 37.8 Å². The molecule has 0 aromatic carbocycles. The van der Waals surface area contributed by atoms with Crippen LogP contribution in [0.3, 0.4) is 0 Å². The molecule has 0 saturated carbocycles. The lowest BCUT2D eigenvalue weighted by Crippen LogP contribution is -2.39. The van der Waals surface area contributed by atoms with E-state index in [1.807, 2.05) is 13.0 Å². The molecule has 27 heavy (non-hydrogen) atoms. The predicted octanol–water partition coefficient (Wildman–Crippen LogP) is 1.34. The van der Waals surface area contributed by atoms with Crippen molar-refractivity contribution in [2.45, 2.75) is 24.7 Å². The summed E-state index contributed by atoms with van der Waals surface area (Å²) in [7, 11) is -3.46. The van der Waals surface area contributed by atoms with E-state index in [0.29, 0.717) is 24.8 Å². The second-order valence-electron chi connectivity index (χ2n) is 6.67. The van der Waals surface area contributed by atoms with E-state index in [2.05, 4.69) is 25.4 Å². The third kappa shape index (κ3) is 3.62. The van der Waals surface area contributed by atoms with Crippen molar-refractivity contribution >= 4 is 21.6 Å². The molecule has 0 spiro atoms. The average Bonchev–Trinajstić information content (AvgIpc) is 3.15. The van der Waals surface area contributed by atoms with E-state index in [-0.39, 0.29) is 4.90 Å². The molecule has 1 saturated heterocycles. The van der Waals surface area contributed by atoms with Crippen LogP contribution in [-0.4, -0.2) is 56.9 Å². The van der Waals surface area contributed by atoms with Crippen LogP contribution in [-0.2, 0) is 10.0 Å². The number of aromatic nitrogens is 5. The van der Waals surface area contributed by atoms with Crippen molar-refractivity contribution in [1.29, 1.82) is 0 Å². The molecule has 4 rings (SSSR count). The molecular weight excluding hydrogens is 366 g/mol. The molecule has 1 aliphatic rings. The number of piperidine rings is 1. The Morgan fingerprint density at radius 3 is 2.85 bits per heavy atom. The van der Waals surface area contributed by atoms with E-state index >= 15 is 0 Å². The molecule has 0 bridgehead atoms. The van der Waals surface area contributed by atoms with Gasteiger partial charge in [0.25, 0.3) is 5.78 Å². The lowest BCUT2D eigenvalue weighted by Gasteiger charge is -2.31. The molecule has 0 radical (unpaired) electrons. The van der Waals surface area contributed by atoms with E-state index < -0.39 is 10.0 Å². The van der Waals surface area contributed by atoms with Gasteiger partial charge in [-0.2, -0.15) is 18.9 Å². The largest absolute Gasteiger partial charge is 0.370 e. The van der Waals surface area contributed by atoms with Crippen molar-refractivity contribution < 1.29 is 8.42 Å². The first kappa shape index (κ1) is 17.8. The van der Waals surface area contributed by atoms with Gasteiger partial charge in [-0.25, -0.2) is 13.4 Å². The van der Waals surface area contributed by atoms with Crippen LogP contribution in [0.5, 0.6) is 0 Å². The van der Waals surface area contributed by atoms with Gasteiger partial charge in [-0.3, -0.25) is 4.98 Å². The Balaban J connectivity index is 1.38. The zero-order chi connectivity index (χ0) is 18.9. The van der Waals surface area contributed by atoms with Crippen LogP contribution in [0.15, 0.2) is 41.8 Å². The number of rotatable bonds is 5. The van der Waals surface area contributed by atoms with Gasteiger partial charge in [-0.1, -0.05) is 0 Å². The Morgan fingerprint density at radius 2 is 2.11 bits per heavy atom. The molecule has 3 aromatic heterocycles. The fourth-order valence-corrected chi connectivity index (χ4v) is 4.74. The summed E-state index contributed by atoms with van der Waals surface area (Å²) in [6, 6.07) is 5.17. The van der Waals surface area contributed by atoms with Crippen molar-refractivity contribution in [2.24, 2.45) is 5.92 Å². The standard InChI is InChI=1S/C17H21N7O2S/c1-13-9-16(24-17(22-13)20-12-21-24)19-10-14-4-7-23(8-5-14)27(25,26)15-3-2-6-18-11-15/h2-3,6,9,11-12,14,19H,4-5,7-8,10H2,1H3. The van der Waals surface area contributed by atoms with Crippen LogP contribution in [0.1, 0.15) is 18.5 Å². The predicted molar refractivity (Wildman–Crippen MR) is 99.7 cm³/mol. The molecular formula is C17H21N7O2S. The second kappa shape index (κ2) is 7.20. The second-order valence-corrected chi connectivity index (χ2v) is 8.61. The number of fused-ring (bicyclic) bond motifs is 1. The number of anilines is 1. The van der Waals surface area contributed by atoms with Gasteiger partial charge in [0.15, 0.2) is 0 Å². The quantitative estimate of drug-likeness (QED) is 0.704. The minimum Gasteiger partial charge on any atom is -0.370 e. The maximum Gasteiger partial charge on any atom is 0.254 e. The van der Waals surface area contributed by atoms with Gasteiger partial charge in [-0.15, -0.1) is 0 Å². The normalized spacial score (nSPS) is 16.6. The summed E-state index contributed by atoms with van der Waals surface area (Å²) >= 11 is 0. The summed E-state index contributed by atoms with van der Waals surface area (Å²) in [5.41, 5.74) is 0.871. The molecule has 4 heterocycles. The van der Waals surface area contributed by atoms with Crippen molar-refractivity contribution in [3.63, 3.8) is 0 Å². The van der Waals surface area contributed by atoms with E-state index in [9.17, 15) is 8.42 Å². The number of aryl methyl sites for hydroxylation is 1. The summed E-state index contributed by atoms with van der Waals surface area (Å²) in [5.74, 6) is 1.80. The van der Waals surface area contributed by atoms with Crippen LogP contribution in [0.4, 0.5) is 5.82 Å². The maximum atomic E-state index is 12.7.